The van der Waals surface area contributed by atoms with E-state index in [-0.39, 0.29) is 4.90 Å². The summed E-state index contributed by atoms with van der Waals surface area (Å²) in [6.45, 7) is 1.89. The molecule has 0 bridgehead atoms. The summed E-state index contributed by atoms with van der Waals surface area (Å²) in [5.74, 6) is 0. The fourth-order valence-corrected chi connectivity index (χ4v) is 3.10. The summed E-state index contributed by atoms with van der Waals surface area (Å²) >= 11 is 9.14. The van der Waals surface area contributed by atoms with Gasteiger partial charge in [-0.1, -0.05) is 57.4 Å². The maximum atomic E-state index is 12.2. The topological polar surface area (TPSA) is 58.5 Å². The third-order valence-electron chi connectivity index (χ3n) is 2.94. The first-order valence-corrected chi connectivity index (χ1v) is 9.37. The predicted molar refractivity (Wildman–Crippen MR) is 93.3 cm³/mol. The second kappa shape index (κ2) is 7.26. The molecule has 0 aliphatic heterocycles. The number of nitrogens with one attached hydrogen (secondary N) is 1. The number of rotatable bonds is 5. The molecule has 22 heavy (non-hydrogen) atoms. The lowest BCUT2D eigenvalue weighted by molar-refractivity contribution is 0.584. The van der Waals surface area contributed by atoms with E-state index in [9.17, 15) is 8.42 Å². The van der Waals surface area contributed by atoms with Crippen molar-refractivity contribution in [1.29, 1.82) is 0 Å². The zero-order chi connectivity index (χ0) is 16.2. The van der Waals surface area contributed by atoms with Crippen molar-refractivity contribution in [3.05, 3.63) is 64.7 Å². The Morgan fingerprint density at radius 1 is 1.14 bits per heavy atom. The normalized spacial score (nSPS) is 12.2. The van der Waals surface area contributed by atoms with Gasteiger partial charge in [0.2, 0.25) is 0 Å². The van der Waals surface area contributed by atoms with E-state index in [1.165, 1.54) is 0 Å². The van der Waals surface area contributed by atoms with Crippen LogP contribution in [0.3, 0.4) is 0 Å². The molecule has 0 aliphatic rings. The van der Waals surface area contributed by atoms with Gasteiger partial charge in [0.05, 0.1) is 10.6 Å². The molecule has 0 aromatic heterocycles. The highest BCUT2D eigenvalue weighted by molar-refractivity contribution is 9.09. The summed E-state index contributed by atoms with van der Waals surface area (Å²) in [6.07, 6.45) is 0. The van der Waals surface area contributed by atoms with Crippen LogP contribution >= 0.6 is 27.5 Å². The molecule has 0 amide bonds. The number of aryl methyl sites for hydroxylation is 1. The van der Waals surface area contributed by atoms with Crippen LogP contribution in [-0.2, 0) is 10.0 Å². The van der Waals surface area contributed by atoms with Gasteiger partial charge in [-0.05, 0) is 36.8 Å². The van der Waals surface area contributed by atoms with Gasteiger partial charge in [-0.25, -0.2) is 0 Å². The molecule has 7 heteroatoms. The molecule has 4 nitrogen and oxygen atoms in total. The second-order valence-electron chi connectivity index (χ2n) is 4.61. The Balaban J connectivity index is 2.24. The van der Waals surface area contributed by atoms with Gasteiger partial charge in [-0.3, -0.25) is 0 Å². The number of hydrogen-bond acceptors (Lipinski definition) is 3. The molecular weight excluding hydrogens is 388 g/mol. The lowest BCUT2D eigenvalue weighted by atomic mass is 10.1. The van der Waals surface area contributed by atoms with Crippen molar-refractivity contribution >= 4 is 43.3 Å². The van der Waals surface area contributed by atoms with Gasteiger partial charge in [0.1, 0.15) is 0 Å². The maximum Gasteiger partial charge on any atom is 0.276 e. The highest BCUT2D eigenvalue weighted by atomic mass is 79.9. The van der Waals surface area contributed by atoms with Crippen molar-refractivity contribution in [1.82, 2.24) is 4.83 Å². The third kappa shape index (κ3) is 4.32. The molecule has 0 unspecified atom stereocenters. The molecule has 0 fully saturated rings. The first kappa shape index (κ1) is 17.0. The van der Waals surface area contributed by atoms with Crippen LogP contribution in [0.2, 0.25) is 5.02 Å². The van der Waals surface area contributed by atoms with Crippen molar-refractivity contribution in [3.8, 4) is 0 Å². The van der Waals surface area contributed by atoms with E-state index in [1.807, 2.05) is 6.92 Å². The summed E-state index contributed by atoms with van der Waals surface area (Å²) in [5, 5.41) is 5.02. The number of halogens is 2. The Bertz CT molecular complexity index is 772. The number of nitrogens with zero attached hydrogens (tertiary/aromatic N) is 1. The average Bonchev–Trinajstić information content (AvgIpc) is 2.50. The Morgan fingerprint density at radius 2 is 1.73 bits per heavy atom. The molecule has 2 rings (SSSR count). The molecule has 0 spiro atoms. The van der Waals surface area contributed by atoms with Crippen LogP contribution in [0.1, 0.15) is 11.1 Å². The van der Waals surface area contributed by atoms with Gasteiger partial charge in [0.25, 0.3) is 10.0 Å². The highest BCUT2D eigenvalue weighted by Gasteiger charge is 2.13. The zero-order valence-electron chi connectivity index (χ0n) is 11.8. The van der Waals surface area contributed by atoms with Gasteiger partial charge >= 0.3 is 0 Å². The van der Waals surface area contributed by atoms with Gasteiger partial charge < -0.3 is 0 Å². The van der Waals surface area contributed by atoms with Crippen LogP contribution < -0.4 is 4.83 Å². The molecule has 0 atom stereocenters. The van der Waals surface area contributed by atoms with Crippen LogP contribution in [0.4, 0.5) is 0 Å². The monoisotopic (exact) mass is 400 g/mol. The number of alkyl halides is 1. The largest absolute Gasteiger partial charge is 0.276 e. The first-order chi connectivity index (χ1) is 10.4. The van der Waals surface area contributed by atoms with E-state index in [1.54, 1.807) is 48.5 Å². The quantitative estimate of drug-likeness (QED) is 0.471. The number of benzene rings is 2. The fraction of sp³-hybridized carbons (Fsp3) is 0.133. The molecule has 116 valence electrons. The fourth-order valence-electron chi connectivity index (χ4n) is 1.70. The summed E-state index contributed by atoms with van der Waals surface area (Å²) in [4.78, 5) is 2.43. The summed E-state index contributed by atoms with van der Waals surface area (Å²) in [6, 6.07) is 13.6. The number of hydrazone groups is 1. The molecular formula is C15H14BrClN2O2S. The van der Waals surface area contributed by atoms with E-state index < -0.39 is 10.0 Å². The van der Waals surface area contributed by atoms with Crippen molar-refractivity contribution in [2.75, 3.05) is 5.33 Å². The van der Waals surface area contributed by atoms with E-state index >= 15 is 0 Å². The van der Waals surface area contributed by atoms with Crippen molar-refractivity contribution < 1.29 is 8.42 Å². The summed E-state index contributed by atoms with van der Waals surface area (Å²) in [7, 11) is -3.68. The predicted octanol–water partition coefficient (Wildman–Crippen LogP) is 3.73. The van der Waals surface area contributed by atoms with Gasteiger partial charge in [0.15, 0.2) is 0 Å². The van der Waals surface area contributed by atoms with Crippen LogP contribution in [0.15, 0.2) is 58.5 Å². The van der Waals surface area contributed by atoms with E-state index in [0.29, 0.717) is 16.1 Å². The first-order valence-electron chi connectivity index (χ1n) is 6.39. The Labute approximate surface area is 143 Å². The van der Waals surface area contributed by atoms with Crippen molar-refractivity contribution in [2.24, 2.45) is 5.10 Å². The van der Waals surface area contributed by atoms with Crippen LogP contribution in [0.25, 0.3) is 0 Å². The average molecular weight is 402 g/mol. The number of hydrogen-bond donors (Lipinski definition) is 1. The SMILES string of the molecule is Cc1ccc(S(=O)(=O)N/N=C(\CBr)c2ccc(Cl)cc2)cc1. The smallest absolute Gasteiger partial charge is 0.200 e. The molecule has 2 aromatic carbocycles. The summed E-state index contributed by atoms with van der Waals surface area (Å²) < 4.78 is 24.4. The minimum absolute atomic E-state index is 0.173. The van der Waals surface area contributed by atoms with Crippen LogP contribution in [-0.4, -0.2) is 19.5 Å². The Morgan fingerprint density at radius 3 is 2.27 bits per heavy atom. The summed E-state index contributed by atoms with van der Waals surface area (Å²) in [5.41, 5.74) is 2.34. The second-order valence-corrected chi connectivity index (χ2v) is 7.26. The van der Waals surface area contributed by atoms with Gasteiger partial charge in [-0.15, -0.1) is 0 Å². The van der Waals surface area contributed by atoms with Crippen LogP contribution in [0, 0.1) is 6.92 Å². The standard InChI is InChI=1S/C15H14BrClN2O2S/c1-11-2-8-14(9-3-11)22(20,21)19-18-15(10-16)12-4-6-13(17)7-5-12/h2-9,19H,10H2,1H3/b18-15+. The number of sulfonamides is 1. The van der Waals surface area contributed by atoms with Gasteiger partial charge in [-0.2, -0.15) is 18.4 Å². The van der Waals surface area contributed by atoms with E-state index in [0.717, 1.165) is 11.1 Å². The lowest BCUT2D eigenvalue weighted by Gasteiger charge is -2.07. The Kier molecular flexibility index (Phi) is 5.61. The molecule has 0 aliphatic carbocycles. The highest BCUT2D eigenvalue weighted by Crippen LogP contribution is 2.13. The molecule has 0 saturated heterocycles. The molecule has 2 aromatic rings. The molecule has 0 radical (unpaired) electrons. The minimum Gasteiger partial charge on any atom is -0.200 e. The van der Waals surface area contributed by atoms with Crippen molar-refractivity contribution in [2.45, 2.75) is 11.8 Å². The van der Waals surface area contributed by atoms with Gasteiger partial charge in [0, 0.05) is 10.4 Å². The lowest BCUT2D eigenvalue weighted by Crippen LogP contribution is -2.21. The minimum atomic E-state index is -3.68. The molecule has 0 heterocycles. The molecule has 1 N–H and O–H groups in total. The van der Waals surface area contributed by atoms with Crippen molar-refractivity contribution in [3.63, 3.8) is 0 Å². The van der Waals surface area contributed by atoms with Crippen LogP contribution in [0.5, 0.6) is 0 Å². The zero-order valence-corrected chi connectivity index (χ0v) is 14.9. The van der Waals surface area contributed by atoms with E-state index in [4.69, 9.17) is 11.6 Å². The van der Waals surface area contributed by atoms with E-state index in [2.05, 4.69) is 25.9 Å². The maximum absolute atomic E-state index is 12.2. The molecule has 0 saturated carbocycles. The Hall–Kier alpha value is -1.37. The third-order valence-corrected chi connectivity index (χ3v) is 4.94.